The van der Waals surface area contributed by atoms with Crippen LogP contribution in [0.4, 0.5) is 5.13 Å². The van der Waals surface area contributed by atoms with Crippen LogP contribution in [0.1, 0.15) is 19.8 Å². The van der Waals surface area contributed by atoms with Crippen molar-refractivity contribution in [2.24, 2.45) is 5.92 Å². The number of nitrogens with one attached hydrogen (secondary N) is 1. The lowest BCUT2D eigenvalue weighted by atomic mass is 9.96. The van der Waals surface area contributed by atoms with Crippen LogP contribution in [0.3, 0.4) is 0 Å². The average molecular weight is 466 g/mol. The van der Waals surface area contributed by atoms with Crippen molar-refractivity contribution >= 4 is 48.5 Å². The number of benzene rings is 1. The molecule has 2 saturated heterocycles. The molecule has 0 spiro atoms. The van der Waals surface area contributed by atoms with E-state index in [2.05, 4.69) is 15.2 Å². The number of thiazole rings is 1. The molecule has 1 aromatic carbocycles. The van der Waals surface area contributed by atoms with Gasteiger partial charge in [0, 0.05) is 52.1 Å². The number of hydrogen-bond donors (Lipinski definition) is 1. The van der Waals surface area contributed by atoms with E-state index >= 15 is 0 Å². The Morgan fingerprint density at radius 1 is 1.10 bits per heavy atom. The Bertz CT molecular complexity index is 1080. The van der Waals surface area contributed by atoms with Gasteiger partial charge in [-0.3, -0.25) is 9.59 Å². The number of rotatable bonds is 4. The first-order chi connectivity index (χ1) is 14.7. The van der Waals surface area contributed by atoms with Crippen molar-refractivity contribution in [2.75, 3.05) is 51.6 Å². The summed E-state index contributed by atoms with van der Waals surface area (Å²) in [6, 6.07) is 4.91. The number of sulfonamides is 1. The minimum atomic E-state index is -3.55. The van der Waals surface area contributed by atoms with Crippen LogP contribution in [0.5, 0.6) is 0 Å². The first-order valence-electron chi connectivity index (χ1n) is 10.4. The van der Waals surface area contributed by atoms with Crippen LogP contribution in [0.2, 0.25) is 0 Å². The van der Waals surface area contributed by atoms with Crippen molar-refractivity contribution in [3.63, 3.8) is 0 Å². The molecule has 11 heteroatoms. The highest BCUT2D eigenvalue weighted by atomic mass is 32.2. The Balaban J connectivity index is 1.45. The van der Waals surface area contributed by atoms with Crippen molar-refractivity contribution < 1.29 is 18.0 Å². The molecule has 4 rings (SSSR count). The van der Waals surface area contributed by atoms with Gasteiger partial charge in [-0.2, -0.15) is 4.31 Å². The average Bonchev–Trinajstić information content (AvgIpc) is 3.15. The van der Waals surface area contributed by atoms with Gasteiger partial charge < -0.3 is 15.1 Å². The third kappa shape index (κ3) is 4.74. The van der Waals surface area contributed by atoms with E-state index in [4.69, 9.17) is 0 Å². The van der Waals surface area contributed by atoms with Gasteiger partial charge in [-0.1, -0.05) is 11.3 Å². The van der Waals surface area contributed by atoms with E-state index in [1.165, 1.54) is 15.6 Å². The number of amides is 2. The maximum Gasteiger partial charge on any atom is 0.243 e. The standard InChI is InChI=1S/C20H27N5O4S2/c1-14(26)24-7-5-15(6-8-24)19(27)22-20-21-17-4-3-16(13-18(17)30-20)31(28,29)25-11-9-23(2)10-12-25/h3-4,13,15H,5-12H2,1-2H3,(H,21,22,27). The molecule has 2 aromatic rings. The molecule has 1 aromatic heterocycles. The third-order valence-electron chi connectivity index (χ3n) is 6.00. The van der Waals surface area contributed by atoms with E-state index in [0.717, 1.165) is 4.70 Å². The molecule has 0 atom stereocenters. The first kappa shape index (κ1) is 22.1. The number of piperidine rings is 1. The number of carbonyl (C=O) groups is 2. The van der Waals surface area contributed by atoms with Gasteiger partial charge in [0.15, 0.2) is 5.13 Å². The number of piperazine rings is 1. The van der Waals surface area contributed by atoms with Crippen molar-refractivity contribution in [1.82, 2.24) is 19.1 Å². The highest BCUT2D eigenvalue weighted by molar-refractivity contribution is 7.89. The molecular formula is C20H27N5O4S2. The van der Waals surface area contributed by atoms with Crippen LogP contribution in [0.25, 0.3) is 10.2 Å². The third-order valence-corrected chi connectivity index (χ3v) is 8.83. The van der Waals surface area contributed by atoms with E-state index in [-0.39, 0.29) is 22.6 Å². The number of anilines is 1. The van der Waals surface area contributed by atoms with E-state index < -0.39 is 10.0 Å². The summed E-state index contributed by atoms with van der Waals surface area (Å²) < 4.78 is 28.2. The van der Waals surface area contributed by atoms with E-state index in [1.807, 2.05) is 7.05 Å². The fraction of sp³-hybridized carbons (Fsp3) is 0.550. The zero-order valence-corrected chi connectivity index (χ0v) is 19.3. The Kier molecular flexibility index (Phi) is 6.29. The second kappa shape index (κ2) is 8.81. The normalized spacial score (nSPS) is 19.6. The minimum absolute atomic E-state index is 0.0346. The fourth-order valence-electron chi connectivity index (χ4n) is 3.96. The predicted octanol–water partition coefficient (Wildman–Crippen LogP) is 1.43. The second-order valence-corrected chi connectivity index (χ2v) is 11.1. The van der Waals surface area contributed by atoms with Gasteiger partial charge in [-0.15, -0.1) is 0 Å². The van der Waals surface area contributed by atoms with Crippen molar-refractivity contribution in [3.05, 3.63) is 18.2 Å². The summed E-state index contributed by atoms with van der Waals surface area (Å²) in [6.45, 7) is 5.08. The minimum Gasteiger partial charge on any atom is -0.343 e. The number of carbonyl (C=O) groups excluding carboxylic acids is 2. The SMILES string of the molecule is CC(=O)N1CCC(C(=O)Nc2nc3ccc(S(=O)(=O)N4CCN(C)CC4)cc3s2)CC1. The summed E-state index contributed by atoms with van der Waals surface area (Å²) in [4.78, 5) is 32.6. The Hall–Kier alpha value is -2.08. The van der Waals surface area contributed by atoms with Gasteiger partial charge >= 0.3 is 0 Å². The summed E-state index contributed by atoms with van der Waals surface area (Å²) >= 11 is 1.27. The van der Waals surface area contributed by atoms with E-state index in [0.29, 0.717) is 62.8 Å². The van der Waals surface area contributed by atoms with Crippen LogP contribution in [-0.4, -0.2) is 85.6 Å². The lowest BCUT2D eigenvalue weighted by molar-refractivity contribution is -0.132. The second-order valence-electron chi connectivity index (χ2n) is 8.13. The van der Waals surface area contributed by atoms with Crippen LogP contribution in [0.15, 0.2) is 23.1 Å². The number of aromatic nitrogens is 1. The monoisotopic (exact) mass is 465 g/mol. The van der Waals surface area contributed by atoms with Gasteiger partial charge in [-0.05, 0) is 38.1 Å². The molecule has 2 aliphatic rings. The topological polar surface area (TPSA) is 103 Å². The number of hydrogen-bond acceptors (Lipinski definition) is 7. The van der Waals surface area contributed by atoms with Crippen LogP contribution < -0.4 is 5.32 Å². The molecule has 168 valence electrons. The fourth-order valence-corrected chi connectivity index (χ4v) is 6.39. The molecule has 2 amide bonds. The van der Waals surface area contributed by atoms with Gasteiger partial charge in [-0.25, -0.2) is 13.4 Å². The molecule has 0 aliphatic carbocycles. The number of likely N-dealkylation sites (tertiary alicyclic amines) is 1. The molecule has 1 N–H and O–H groups in total. The van der Waals surface area contributed by atoms with Crippen molar-refractivity contribution in [1.29, 1.82) is 0 Å². The highest BCUT2D eigenvalue weighted by Gasteiger charge is 2.29. The zero-order valence-electron chi connectivity index (χ0n) is 17.7. The maximum atomic E-state index is 13.0. The molecular weight excluding hydrogens is 438 g/mol. The Morgan fingerprint density at radius 3 is 2.42 bits per heavy atom. The highest BCUT2D eigenvalue weighted by Crippen LogP contribution is 2.30. The molecule has 0 radical (unpaired) electrons. The van der Waals surface area contributed by atoms with Crippen molar-refractivity contribution in [3.8, 4) is 0 Å². The van der Waals surface area contributed by atoms with E-state index in [9.17, 15) is 18.0 Å². The smallest absolute Gasteiger partial charge is 0.243 e. The summed E-state index contributed by atoms with van der Waals surface area (Å²) in [6.07, 6.45) is 1.26. The van der Waals surface area contributed by atoms with Gasteiger partial charge in [0.25, 0.3) is 0 Å². The lowest BCUT2D eigenvalue weighted by Crippen LogP contribution is -2.46. The molecule has 3 heterocycles. The first-order valence-corrected chi connectivity index (χ1v) is 12.7. The molecule has 0 bridgehead atoms. The number of fused-ring (bicyclic) bond motifs is 1. The van der Waals surface area contributed by atoms with Crippen LogP contribution in [-0.2, 0) is 19.6 Å². The lowest BCUT2D eigenvalue weighted by Gasteiger charge is -2.31. The van der Waals surface area contributed by atoms with Crippen LogP contribution in [0, 0.1) is 5.92 Å². The zero-order chi connectivity index (χ0) is 22.2. The molecule has 31 heavy (non-hydrogen) atoms. The summed E-state index contributed by atoms with van der Waals surface area (Å²) in [5.41, 5.74) is 0.657. The van der Waals surface area contributed by atoms with Crippen LogP contribution >= 0.6 is 11.3 Å². The van der Waals surface area contributed by atoms with Gasteiger partial charge in [0.05, 0.1) is 15.1 Å². The molecule has 2 aliphatic heterocycles. The summed E-state index contributed by atoms with van der Waals surface area (Å²) in [5, 5.41) is 3.33. The largest absolute Gasteiger partial charge is 0.343 e. The van der Waals surface area contributed by atoms with Gasteiger partial charge in [0.2, 0.25) is 21.8 Å². The molecule has 9 nitrogen and oxygen atoms in total. The quantitative estimate of drug-likeness (QED) is 0.733. The number of nitrogens with zero attached hydrogens (tertiary/aromatic N) is 4. The molecule has 2 fully saturated rings. The molecule has 0 unspecified atom stereocenters. The number of likely N-dealkylation sites (N-methyl/N-ethyl adjacent to an activating group) is 1. The molecule has 0 saturated carbocycles. The predicted molar refractivity (Wildman–Crippen MR) is 119 cm³/mol. The Labute approximate surface area is 186 Å². The van der Waals surface area contributed by atoms with Crippen molar-refractivity contribution in [2.45, 2.75) is 24.7 Å². The maximum absolute atomic E-state index is 13.0. The van der Waals surface area contributed by atoms with E-state index in [1.54, 1.807) is 30.0 Å². The Morgan fingerprint density at radius 2 is 1.77 bits per heavy atom. The van der Waals surface area contributed by atoms with Gasteiger partial charge in [0.1, 0.15) is 0 Å². The summed E-state index contributed by atoms with van der Waals surface area (Å²) in [7, 11) is -1.57. The summed E-state index contributed by atoms with van der Waals surface area (Å²) in [5.74, 6) is -0.226.